The van der Waals surface area contributed by atoms with Crippen LogP contribution in [0.25, 0.3) is 5.52 Å². The molecule has 5 heteroatoms. The van der Waals surface area contributed by atoms with Gasteiger partial charge < -0.3 is 9.51 Å². The number of aromatic nitrogens is 1. The number of hydrogen-bond acceptors (Lipinski definition) is 3. The van der Waals surface area contributed by atoms with Crippen molar-refractivity contribution in [1.82, 2.24) is 9.30 Å². The molecule has 0 saturated carbocycles. The molecule has 0 aliphatic carbocycles. The number of fused-ring (bicyclic) bond motifs is 1. The van der Waals surface area contributed by atoms with Crippen LogP contribution in [0.1, 0.15) is 24.5 Å². The predicted octanol–water partition coefficient (Wildman–Crippen LogP) is 2.11. The third kappa shape index (κ3) is 2.28. The van der Waals surface area contributed by atoms with Crippen LogP contribution in [0.5, 0.6) is 0 Å². The normalized spacial score (nSPS) is 22.5. The molecule has 1 fully saturated rings. The van der Waals surface area contributed by atoms with Crippen LogP contribution in [-0.4, -0.2) is 33.5 Å². The van der Waals surface area contributed by atoms with Gasteiger partial charge in [0.2, 0.25) is 0 Å². The highest BCUT2D eigenvalue weighted by molar-refractivity contribution is 5.75. The van der Waals surface area contributed by atoms with E-state index >= 15 is 0 Å². The number of rotatable bonds is 3. The van der Waals surface area contributed by atoms with Gasteiger partial charge >= 0.3 is 5.97 Å². The second-order valence-electron chi connectivity index (χ2n) is 5.96. The van der Waals surface area contributed by atoms with Crippen LogP contribution in [0, 0.1) is 16.7 Å². The van der Waals surface area contributed by atoms with E-state index in [2.05, 4.69) is 11.0 Å². The smallest absolute Gasteiger partial charge is 0.310 e. The fourth-order valence-corrected chi connectivity index (χ4v) is 3.03. The van der Waals surface area contributed by atoms with E-state index in [1.54, 1.807) is 6.92 Å². The Morgan fingerprint density at radius 3 is 3.00 bits per heavy atom. The molecule has 21 heavy (non-hydrogen) atoms. The maximum atomic E-state index is 11.3. The number of carbonyl (C=O) groups is 1. The Bertz CT molecular complexity index is 744. The number of nitriles is 1. The highest BCUT2D eigenvalue weighted by atomic mass is 16.4. The summed E-state index contributed by atoms with van der Waals surface area (Å²) in [4.78, 5) is 13.4. The first-order chi connectivity index (χ1) is 10.0. The SMILES string of the molecule is CC1(C(=O)O)CCN(Cc2cn3ccccc3c2C#N)C1. The summed E-state index contributed by atoms with van der Waals surface area (Å²) < 4.78 is 1.94. The van der Waals surface area contributed by atoms with Gasteiger partial charge in [0.1, 0.15) is 6.07 Å². The van der Waals surface area contributed by atoms with Gasteiger partial charge in [-0.05, 0) is 32.0 Å². The van der Waals surface area contributed by atoms with Crippen LogP contribution < -0.4 is 0 Å². The standard InChI is InChI=1S/C16H17N3O2/c1-16(15(20)21)5-7-18(11-16)9-12-10-19-6-3-2-4-14(19)13(12)8-17/h2-4,6,10H,5,7,9,11H2,1H3,(H,20,21). The van der Waals surface area contributed by atoms with Crippen molar-refractivity contribution >= 4 is 11.5 Å². The quantitative estimate of drug-likeness (QED) is 0.936. The number of nitrogens with zero attached hydrogens (tertiary/aromatic N) is 3. The van der Waals surface area contributed by atoms with Gasteiger partial charge in [-0.2, -0.15) is 5.26 Å². The number of aliphatic carboxylic acids is 1. The summed E-state index contributed by atoms with van der Waals surface area (Å²) >= 11 is 0. The van der Waals surface area contributed by atoms with Crippen LogP contribution in [0.15, 0.2) is 30.6 Å². The minimum absolute atomic E-state index is 0.527. The van der Waals surface area contributed by atoms with Crippen LogP contribution in [0.4, 0.5) is 0 Å². The molecular weight excluding hydrogens is 266 g/mol. The first-order valence-corrected chi connectivity index (χ1v) is 6.98. The second-order valence-corrected chi connectivity index (χ2v) is 5.96. The minimum atomic E-state index is -0.743. The molecule has 3 heterocycles. The summed E-state index contributed by atoms with van der Waals surface area (Å²) in [6.07, 6.45) is 4.53. The van der Waals surface area contributed by atoms with Crippen LogP contribution in [-0.2, 0) is 11.3 Å². The van der Waals surface area contributed by atoms with Crippen molar-refractivity contribution in [1.29, 1.82) is 5.26 Å². The molecule has 1 saturated heterocycles. The summed E-state index contributed by atoms with van der Waals surface area (Å²) in [5.41, 5.74) is 1.86. The van der Waals surface area contributed by atoms with Crippen LogP contribution in [0.2, 0.25) is 0 Å². The maximum absolute atomic E-state index is 11.3. The number of likely N-dealkylation sites (tertiary alicyclic amines) is 1. The molecule has 108 valence electrons. The van der Waals surface area contributed by atoms with Gasteiger partial charge in [-0.15, -0.1) is 0 Å². The van der Waals surface area contributed by atoms with Crippen molar-refractivity contribution in [3.05, 3.63) is 41.7 Å². The summed E-state index contributed by atoms with van der Waals surface area (Å²) in [5, 5.41) is 18.7. The fourth-order valence-electron chi connectivity index (χ4n) is 3.03. The molecule has 0 spiro atoms. The van der Waals surface area contributed by atoms with Crippen molar-refractivity contribution < 1.29 is 9.90 Å². The lowest BCUT2D eigenvalue weighted by Crippen LogP contribution is -2.31. The molecule has 0 aromatic carbocycles. The third-order valence-electron chi connectivity index (χ3n) is 4.34. The maximum Gasteiger partial charge on any atom is 0.310 e. The number of carboxylic acid groups (broad SMARTS) is 1. The van der Waals surface area contributed by atoms with E-state index < -0.39 is 11.4 Å². The molecule has 0 radical (unpaired) electrons. The highest BCUT2D eigenvalue weighted by Crippen LogP contribution is 2.31. The highest BCUT2D eigenvalue weighted by Gasteiger charge is 2.40. The zero-order chi connectivity index (χ0) is 15.0. The molecular formula is C16H17N3O2. The lowest BCUT2D eigenvalue weighted by atomic mass is 9.90. The van der Waals surface area contributed by atoms with Crippen molar-refractivity contribution in [3.63, 3.8) is 0 Å². The van der Waals surface area contributed by atoms with Gasteiger partial charge in [0.05, 0.1) is 16.5 Å². The lowest BCUT2D eigenvalue weighted by molar-refractivity contribution is -0.147. The molecule has 1 unspecified atom stereocenters. The zero-order valence-corrected chi connectivity index (χ0v) is 11.9. The Balaban J connectivity index is 1.87. The van der Waals surface area contributed by atoms with E-state index in [4.69, 9.17) is 0 Å². The van der Waals surface area contributed by atoms with Crippen molar-refractivity contribution in [2.45, 2.75) is 19.9 Å². The summed E-state index contributed by atoms with van der Waals surface area (Å²) in [6, 6.07) is 8.04. The van der Waals surface area contributed by atoms with Gasteiger partial charge in [-0.25, -0.2) is 0 Å². The van der Waals surface area contributed by atoms with Crippen molar-refractivity contribution in [3.8, 4) is 6.07 Å². The van der Waals surface area contributed by atoms with E-state index in [0.29, 0.717) is 25.1 Å². The number of hydrogen-bond donors (Lipinski definition) is 1. The predicted molar refractivity (Wildman–Crippen MR) is 77.7 cm³/mol. The Kier molecular flexibility index (Phi) is 3.19. The lowest BCUT2D eigenvalue weighted by Gasteiger charge is -2.19. The van der Waals surface area contributed by atoms with Gasteiger partial charge in [-0.3, -0.25) is 9.69 Å². The Labute approximate surface area is 123 Å². The molecule has 1 N–H and O–H groups in total. The first kappa shape index (κ1) is 13.7. The Morgan fingerprint density at radius 2 is 2.33 bits per heavy atom. The van der Waals surface area contributed by atoms with E-state index in [9.17, 15) is 15.2 Å². The molecule has 0 bridgehead atoms. The molecule has 0 amide bonds. The largest absolute Gasteiger partial charge is 0.481 e. The van der Waals surface area contributed by atoms with Crippen molar-refractivity contribution in [2.75, 3.05) is 13.1 Å². The molecule has 1 aliphatic rings. The monoisotopic (exact) mass is 283 g/mol. The minimum Gasteiger partial charge on any atom is -0.481 e. The topological polar surface area (TPSA) is 68.7 Å². The number of carboxylic acids is 1. The average Bonchev–Trinajstić information content (AvgIpc) is 3.00. The van der Waals surface area contributed by atoms with Crippen molar-refractivity contribution in [2.24, 2.45) is 5.41 Å². The average molecular weight is 283 g/mol. The third-order valence-corrected chi connectivity index (χ3v) is 4.34. The van der Waals surface area contributed by atoms with Crippen LogP contribution in [0.3, 0.4) is 0 Å². The van der Waals surface area contributed by atoms with Crippen LogP contribution >= 0.6 is 0 Å². The van der Waals surface area contributed by atoms with E-state index in [1.807, 2.05) is 35.0 Å². The molecule has 1 atom stereocenters. The molecule has 2 aromatic rings. The molecule has 1 aliphatic heterocycles. The van der Waals surface area contributed by atoms with Gasteiger partial charge in [-0.1, -0.05) is 6.07 Å². The van der Waals surface area contributed by atoms with Gasteiger partial charge in [0.15, 0.2) is 0 Å². The van der Waals surface area contributed by atoms with E-state index in [0.717, 1.165) is 17.6 Å². The zero-order valence-electron chi connectivity index (χ0n) is 11.9. The van der Waals surface area contributed by atoms with Gasteiger partial charge in [0.25, 0.3) is 0 Å². The van der Waals surface area contributed by atoms with Gasteiger partial charge in [0, 0.05) is 31.0 Å². The first-order valence-electron chi connectivity index (χ1n) is 6.98. The molecule has 5 nitrogen and oxygen atoms in total. The van der Waals surface area contributed by atoms with E-state index in [-0.39, 0.29) is 0 Å². The summed E-state index contributed by atoms with van der Waals surface area (Å²) in [7, 11) is 0. The Hall–Kier alpha value is -2.32. The fraction of sp³-hybridized carbons (Fsp3) is 0.375. The second kappa shape index (κ2) is 4.90. The Morgan fingerprint density at radius 1 is 1.52 bits per heavy atom. The molecule has 2 aromatic heterocycles. The van der Waals surface area contributed by atoms with E-state index in [1.165, 1.54) is 0 Å². The molecule has 3 rings (SSSR count). The number of pyridine rings is 1. The summed E-state index contributed by atoms with van der Waals surface area (Å²) in [6.45, 7) is 3.68. The summed E-state index contributed by atoms with van der Waals surface area (Å²) in [5.74, 6) is -0.743.